The molecule has 1 saturated heterocycles. The smallest absolute Gasteiger partial charge is 0.166 e. The molecular weight excluding hydrogens is 500 g/mol. The number of benzene rings is 1. The van der Waals surface area contributed by atoms with Gasteiger partial charge in [0.2, 0.25) is 0 Å². The first kappa shape index (κ1) is 25.1. The Labute approximate surface area is 224 Å². The van der Waals surface area contributed by atoms with E-state index >= 15 is 4.39 Å². The number of halogens is 2. The summed E-state index contributed by atoms with van der Waals surface area (Å²) < 4.78 is 30.5. The molecule has 200 valence electrons. The van der Waals surface area contributed by atoms with Crippen LogP contribution in [0.2, 0.25) is 0 Å². The lowest BCUT2D eigenvalue weighted by Crippen LogP contribution is -2.48. The zero-order valence-corrected chi connectivity index (χ0v) is 21.6. The van der Waals surface area contributed by atoms with Gasteiger partial charge in [-0.05, 0) is 36.8 Å². The van der Waals surface area contributed by atoms with Crippen LogP contribution < -0.4 is 4.90 Å². The van der Waals surface area contributed by atoms with Gasteiger partial charge in [-0.25, -0.2) is 18.7 Å². The summed E-state index contributed by atoms with van der Waals surface area (Å²) in [6, 6.07) is 9.96. The molecule has 1 aromatic carbocycles. The van der Waals surface area contributed by atoms with Crippen molar-refractivity contribution >= 4 is 16.9 Å². The lowest BCUT2D eigenvalue weighted by atomic mass is 10.1. The molecule has 0 radical (unpaired) electrons. The fourth-order valence-corrected chi connectivity index (χ4v) is 5.15. The van der Waals surface area contributed by atoms with Crippen molar-refractivity contribution < 1.29 is 13.9 Å². The Bertz CT molecular complexity index is 1600. The van der Waals surface area contributed by atoms with E-state index < -0.39 is 0 Å². The van der Waals surface area contributed by atoms with E-state index in [9.17, 15) is 9.50 Å². The van der Waals surface area contributed by atoms with Gasteiger partial charge >= 0.3 is 0 Å². The van der Waals surface area contributed by atoms with Crippen LogP contribution in [0.4, 0.5) is 14.6 Å². The molecule has 0 bridgehead atoms. The number of aromatic amines is 1. The lowest BCUT2D eigenvalue weighted by molar-refractivity contribution is 0.122. The second kappa shape index (κ2) is 10.5. The topological polar surface area (TPSA) is 86.1 Å². The van der Waals surface area contributed by atoms with E-state index in [4.69, 9.17) is 0 Å². The van der Waals surface area contributed by atoms with E-state index in [-0.39, 0.29) is 17.7 Å². The van der Waals surface area contributed by atoms with Crippen molar-refractivity contribution in [1.82, 2.24) is 29.6 Å². The fourth-order valence-electron chi connectivity index (χ4n) is 5.15. The van der Waals surface area contributed by atoms with Gasteiger partial charge in [0.1, 0.15) is 11.5 Å². The van der Waals surface area contributed by atoms with Crippen LogP contribution in [0.1, 0.15) is 12.5 Å². The molecule has 39 heavy (non-hydrogen) atoms. The summed E-state index contributed by atoms with van der Waals surface area (Å²) >= 11 is 0. The second-order valence-corrected chi connectivity index (χ2v) is 10.0. The van der Waals surface area contributed by atoms with Crippen molar-refractivity contribution in [3.05, 3.63) is 84.6 Å². The van der Waals surface area contributed by atoms with Gasteiger partial charge < -0.3 is 15.0 Å². The third kappa shape index (κ3) is 5.39. The Balaban J connectivity index is 1.22. The van der Waals surface area contributed by atoms with Crippen molar-refractivity contribution in [1.29, 1.82) is 0 Å². The molecule has 0 aliphatic carbocycles. The molecule has 0 amide bonds. The van der Waals surface area contributed by atoms with Crippen LogP contribution in [0.5, 0.6) is 0 Å². The molecule has 1 aliphatic rings. The summed E-state index contributed by atoms with van der Waals surface area (Å²) in [6.45, 7) is 5.67. The SMILES string of the molecule is C[C@H](O)CN1CCN(c2ncc(-c3cnc4[nH]cc(-c5cnn(Cc6cccc(F)c6)c5)c4c3)cc2F)CC1. The van der Waals surface area contributed by atoms with Gasteiger partial charge in [-0.15, -0.1) is 0 Å². The third-order valence-electron chi connectivity index (χ3n) is 7.06. The number of pyridine rings is 2. The molecule has 0 spiro atoms. The van der Waals surface area contributed by atoms with Crippen molar-refractivity contribution in [2.45, 2.75) is 19.6 Å². The van der Waals surface area contributed by atoms with Crippen LogP contribution in [0.25, 0.3) is 33.3 Å². The monoisotopic (exact) mass is 529 g/mol. The first-order valence-corrected chi connectivity index (χ1v) is 13.0. The average molecular weight is 530 g/mol. The van der Waals surface area contributed by atoms with Crippen molar-refractivity contribution in [3.63, 3.8) is 0 Å². The molecule has 0 saturated carbocycles. The molecule has 1 atom stereocenters. The number of β-amino-alcohol motifs (C(OH)–C–C–N with tert-alkyl or cyclic N) is 1. The normalized spacial score (nSPS) is 15.2. The largest absolute Gasteiger partial charge is 0.392 e. The predicted octanol–water partition coefficient (Wildman–Crippen LogP) is 4.32. The molecule has 6 rings (SSSR count). The highest BCUT2D eigenvalue weighted by molar-refractivity contribution is 5.95. The summed E-state index contributed by atoms with van der Waals surface area (Å²) in [5.74, 6) is -0.300. The van der Waals surface area contributed by atoms with Crippen LogP contribution in [-0.2, 0) is 6.54 Å². The number of aromatic nitrogens is 5. The van der Waals surface area contributed by atoms with Gasteiger partial charge in [0, 0.05) is 85.2 Å². The molecule has 0 unspecified atom stereocenters. The quantitative estimate of drug-likeness (QED) is 0.327. The zero-order chi connectivity index (χ0) is 26.9. The number of H-pyrrole nitrogens is 1. The number of hydrogen-bond acceptors (Lipinski definition) is 6. The average Bonchev–Trinajstić information content (AvgIpc) is 3.55. The van der Waals surface area contributed by atoms with E-state index in [1.54, 1.807) is 36.3 Å². The molecule has 5 heterocycles. The van der Waals surface area contributed by atoms with Gasteiger partial charge in [-0.3, -0.25) is 9.58 Å². The van der Waals surface area contributed by atoms with E-state index in [0.717, 1.165) is 40.7 Å². The lowest BCUT2D eigenvalue weighted by Gasteiger charge is -2.36. The molecule has 1 fully saturated rings. The number of aliphatic hydroxyl groups excluding tert-OH is 1. The molecule has 8 nitrogen and oxygen atoms in total. The summed E-state index contributed by atoms with van der Waals surface area (Å²) in [5.41, 5.74) is 4.76. The van der Waals surface area contributed by atoms with Gasteiger partial charge in [0.05, 0.1) is 18.8 Å². The Morgan fingerprint density at radius 3 is 2.54 bits per heavy atom. The minimum Gasteiger partial charge on any atom is -0.392 e. The van der Waals surface area contributed by atoms with E-state index in [1.165, 1.54) is 18.2 Å². The van der Waals surface area contributed by atoms with E-state index in [1.807, 2.05) is 29.4 Å². The summed E-state index contributed by atoms with van der Waals surface area (Å²) in [5, 5.41) is 15.0. The highest BCUT2D eigenvalue weighted by Crippen LogP contribution is 2.32. The highest BCUT2D eigenvalue weighted by atomic mass is 19.1. The number of rotatable bonds is 7. The summed E-state index contributed by atoms with van der Waals surface area (Å²) in [4.78, 5) is 16.3. The molecule has 5 aromatic rings. The minimum atomic E-state index is -0.381. The number of fused-ring (bicyclic) bond motifs is 1. The zero-order valence-electron chi connectivity index (χ0n) is 21.6. The van der Waals surface area contributed by atoms with Crippen LogP contribution in [-0.4, -0.2) is 73.6 Å². The third-order valence-corrected chi connectivity index (χ3v) is 7.06. The minimum absolute atomic E-state index is 0.274. The number of nitrogens with zero attached hydrogens (tertiary/aromatic N) is 6. The Hall–Kier alpha value is -4.15. The predicted molar refractivity (Wildman–Crippen MR) is 146 cm³/mol. The molecule has 1 aliphatic heterocycles. The van der Waals surface area contributed by atoms with Gasteiger partial charge in [-0.2, -0.15) is 5.10 Å². The fraction of sp³-hybridized carbons (Fsp3) is 0.276. The van der Waals surface area contributed by atoms with Gasteiger partial charge in [0.15, 0.2) is 11.6 Å². The standard InChI is InChI=1S/C29H29F2N7O/c1-19(39)16-36-5-7-37(8-6-36)29-27(31)11-22(13-34-29)21-10-25-26(15-33-28(25)32-12-21)23-14-35-38(18-23)17-20-3-2-4-24(30)9-20/h2-4,9-15,18-19,39H,5-8,16-17H2,1H3,(H,32,33)/t19-/m0/s1. The number of piperazine rings is 1. The maximum atomic E-state index is 15.2. The van der Waals surface area contributed by atoms with Crippen LogP contribution in [0, 0.1) is 11.6 Å². The molecule has 2 N–H and O–H groups in total. The Kier molecular flexibility index (Phi) is 6.80. The Morgan fingerprint density at radius 1 is 0.974 bits per heavy atom. The number of anilines is 1. The molecular formula is C29H29F2N7O. The first-order chi connectivity index (χ1) is 18.9. The van der Waals surface area contributed by atoms with Gasteiger partial charge in [0.25, 0.3) is 0 Å². The highest BCUT2D eigenvalue weighted by Gasteiger charge is 2.22. The maximum Gasteiger partial charge on any atom is 0.166 e. The summed E-state index contributed by atoms with van der Waals surface area (Å²) in [7, 11) is 0. The number of aliphatic hydroxyl groups is 1. The number of hydrogen-bond donors (Lipinski definition) is 2. The second-order valence-electron chi connectivity index (χ2n) is 10.0. The Morgan fingerprint density at radius 2 is 1.77 bits per heavy atom. The van der Waals surface area contributed by atoms with E-state index in [2.05, 4.69) is 25.0 Å². The first-order valence-electron chi connectivity index (χ1n) is 13.0. The molecule has 4 aromatic heterocycles. The van der Waals surface area contributed by atoms with Crippen molar-refractivity contribution in [2.24, 2.45) is 0 Å². The van der Waals surface area contributed by atoms with Crippen LogP contribution in [0.3, 0.4) is 0 Å². The number of nitrogens with one attached hydrogen (secondary N) is 1. The van der Waals surface area contributed by atoms with Crippen molar-refractivity contribution in [2.75, 3.05) is 37.6 Å². The van der Waals surface area contributed by atoms with Gasteiger partial charge in [-0.1, -0.05) is 12.1 Å². The van der Waals surface area contributed by atoms with Crippen LogP contribution >= 0.6 is 0 Å². The maximum absolute atomic E-state index is 15.2. The molecule has 10 heteroatoms. The van der Waals surface area contributed by atoms with E-state index in [0.29, 0.717) is 43.2 Å². The van der Waals surface area contributed by atoms with Crippen LogP contribution in [0.15, 0.2) is 67.4 Å². The van der Waals surface area contributed by atoms with Crippen molar-refractivity contribution in [3.8, 4) is 22.3 Å². The summed E-state index contributed by atoms with van der Waals surface area (Å²) in [6.07, 6.45) is 8.58.